The number of urea groups is 1. The molecule has 0 spiro atoms. The molecule has 2 N–H and O–H groups in total. The summed E-state index contributed by atoms with van der Waals surface area (Å²) >= 11 is 0. The third-order valence-corrected chi connectivity index (χ3v) is 3.67. The van der Waals surface area contributed by atoms with Gasteiger partial charge in [0.25, 0.3) is 0 Å². The van der Waals surface area contributed by atoms with Gasteiger partial charge in [0.2, 0.25) is 11.8 Å². The topological polar surface area (TPSA) is 106 Å². The van der Waals surface area contributed by atoms with Gasteiger partial charge in [-0.3, -0.25) is 0 Å². The van der Waals surface area contributed by atoms with E-state index >= 15 is 0 Å². The number of hydrogen-bond donors (Lipinski definition) is 2. The van der Waals surface area contributed by atoms with E-state index in [1.54, 1.807) is 19.1 Å². The zero-order chi connectivity index (χ0) is 17.8. The van der Waals surface area contributed by atoms with Gasteiger partial charge in [0.1, 0.15) is 11.4 Å². The first kappa shape index (κ1) is 16.7. The minimum atomic E-state index is -0.361. The van der Waals surface area contributed by atoms with Crippen molar-refractivity contribution in [3.63, 3.8) is 0 Å². The third-order valence-electron chi connectivity index (χ3n) is 3.67. The fourth-order valence-corrected chi connectivity index (χ4v) is 2.30. The maximum atomic E-state index is 12.2. The van der Waals surface area contributed by atoms with Gasteiger partial charge in [-0.25, -0.2) is 4.79 Å². The average molecular weight is 341 g/mol. The number of hydrogen-bond acceptors (Lipinski definition) is 6. The molecule has 0 unspecified atom stereocenters. The summed E-state index contributed by atoms with van der Waals surface area (Å²) in [5.41, 5.74) is 2.76. The largest absolute Gasteiger partial charge is 0.421 e. The highest BCUT2D eigenvalue weighted by Gasteiger charge is 2.14. The summed E-state index contributed by atoms with van der Waals surface area (Å²) < 4.78 is 10.6. The lowest BCUT2D eigenvalue weighted by Crippen LogP contribution is -2.20. The number of benzene rings is 1. The Bertz CT molecular complexity index is 867. The molecule has 2 aromatic heterocycles. The molecule has 3 rings (SSSR count). The van der Waals surface area contributed by atoms with Gasteiger partial charge < -0.3 is 19.6 Å². The first-order valence-electron chi connectivity index (χ1n) is 8.06. The minimum absolute atomic E-state index is 0.361. The molecule has 130 valence electrons. The minimum Gasteiger partial charge on any atom is -0.421 e. The summed E-state index contributed by atoms with van der Waals surface area (Å²) in [6.07, 6.45) is 1.36. The molecular formula is C17H19N5O3. The van der Waals surface area contributed by atoms with E-state index in [4.69, 9.17) is 8.94 Å². The summed E-state index contributed by atoms with van der Waals surface area (Å²) in [5.74, 6) is 1.62. The lowest BCUT2D eigenvalue weighted by atomic mass is 10.2. The van der Waals surface area contributed by atoms with Crippen molar-refractivity contribution in [2.45, 2.75) is 33.6 Å². The average Bonchev–Trinajstić information content (AvgIpc) is 3.23. The van der Waals surface area contributed by atoms with Crippen molar-refractivity contribution in [3.8, 4) is 11.5 Å². The van der Waals surface area contributed by atoms with Gasteiger partial charge in [-0.1, -0.05) is 19.0 Å². The monoisotopic (exact) mass is 341 g/mol. The van der Waals surface area contributed by atoms with Crippen molar-refractivity contribution in [2.24, 2.45) is 0 Å². The number of amides is 2. The molecule has 8 nitrogen and oxygen atoms in total. The molecule has 0 radical (unpaired) electrons. The number of aromatic nitrogens is 3. The summed E-state index contributed by atoms with van der Waals surface area (Å²) in [5, 5.41) is 17.4. The smallest absolute Gasteiger partial charge is 0.323 e. The molecule has 0 bridgehead atoms. The van der Waals surface area contributed by atoms with Crippen molar-refractivity contribution >= 4 is 17.4 Å². The lowest BCUT2D eigenvalue weighted by Gasteiger charge is -2.07. The molecular weight excluding hydrogens is 322 g/mol. The highest BCUT2D eigenvalue weighted by molar-refractivity contribution is 6.00. The van der Waals surface area contributed by atoms with Gasteiger partial charge in [-0.2, -0.15) is 0 Å². The summed E-state index contributed by atoms with van der Waals surface area (Å²) in [6.45, 7) is 5.65. The second-order valence-corrected chi connectivity index (χ2v) is 5.42. The molecule has 2 amide bonds. The molecule has 0 fully saturated rings. The van der Waals surface area contributed by atoms with E-state index in [-0.39, 0.29) is 6.03 Å². The van der Waals surface area contributed by atoms with E-state index in [9.17, 15) is 4.79 Å². The van der Waals surface area contributed by atoms with E-state index in [0.29, 0.717) is 47.5 Å². The predicted molar refractivity (Wildman–Crippen MR) is 92.4 cm³/mol. The fourth-order valence-electron chi connectivity index (χ4n) is 2.30. The van der Waals surface area contributed by atoms with E-state index in [2.05, 4.69) is 26.0 Å². The van der Waals surface area contributed by atoms with Crippen LogP contribution >= 0.6 is 0 Å². The zero-order valence-electron chi connectivity index (χ0n) is 14.3. The Labute approximate surface area is 144 Å². The van der Waals surface area contributed by atoms with Crippen molar-refractivity contribution in [3.05, 3.63) is 41.6 Å². The summed E-state index contributed by atoms with van der Waals surface area (Å²) in [7, 11) is 0. The van der Waals surface area contributed by atoms with Crippen molar-refractivity contribution in [1.82, 2.24) is 15.4 Å². The van der Waals surface area contributed by atoms with Crippen LogP contribution in [0, 0.1) is 6.92 Å². The fraction of sp³-hybridized carbons (Fsp3) is 0.294. The molecule has 1 aromatic carbocycles. The van der Waals surface area contributed by atoms with Crippen molar-refractivity contribution in [2.75, 3.05) is 10.6 Å². The Kier molecular flexibility index (Phi) is 4.78. The van der Waals surface area contributed by atoms with Crippen LogP contribution in [0.1, 0.15) is 31.2 Å². The number of carbonyl (C=O) groups is 1. The first-order valence-corrected chi connectivity index (χ1v) is 8.06. The molecule has 25 heavy (non-hydrogen) atoms. The van der Waals surface area contributed by atoms with Gasteiger partial charge in [0.15, 0.2) is 5.76 Å². The summed E-state index contributed by atoms with van der Waals surface area (Å²) in [4.78, 5) is 12.2. The van der Waals surface area contributed by atoms with Crippen LogP contribution in [0.4, 0.5) is 16.2 Å². The molecule has 8 heteroatoms. The van der Waals surface area contributed by atoms with E-state index < -0.39 is 0 Å². The SMILES string of the molecule is CCc1nnc(-c2ccc(NC(=O)Nc3c(CC)noc3C)cc2)o1. The lowest BCUT2D eigenvalue weighted by molar-refractivity contribution is 0.262. The van der Waals surface area contributed by atoms with Crippen LogP contribution in [0.3, 0.4) is 0 Å². The van der Waals surface area contributed by atoms with Gasteiger partial charge in [0.05, 0.1) is 0 Å². The highest BCUT2D eigenvalue weighted by Crippen LogP contribution is 2.22. The molecule has 0 saturated carbocycles. The van der Waals surface area contributed by atoms with E-state index in [0.717, 1.165) is 5.56 Å². The molecule has 0 saturated heterocycles. The Morgan fingerprint density at radius 3 is 2.48 bits per heavy atom. The molecule has 2 heterocycles. The molecule has 0 aliphatic rings. The van der Waals surface area contributed by atoms with Gasteiger partial charge in [-0.15, -0.1) is 10.2 Å². The normalized spacial score (nSPS) is 10.7. The van der Waals surface area contributed by atoms with Crippen molar-refractivity contribution in [1.29, 1.82) is 0 Å². The van der Waals surface area contributed by atoms with E-state index in [1.807, 2.05) is 26.0 Å². The summed E-state index contributed by atoms with van der Waals surface area (Å²) in [6, 6.07) is 6.80. The predicted octanol–water partition coefficient (Wildman–Crippen LogP) is 3.80. The van der Waals surface area contributed by atoms with Crippen LogP contribution in [0.25, 0.3) is 11.5 Å². The number of nitrogens with one attached hydrogen (secondary N) is 2. The molecule has 3 aromatic rings. The number of nitrogens with zero attached hydrogens (tertiary/aromatic N) is 3. The maximum Gasteiger partial charge on any atom is 0.323 e. The Balaban J connectivity index is 1.66. The molecule has 0 atom stereocenters. The Morgan fingerprint density at radius 2 is 1.84 bits per heavy atom. The molecule has 0 aliphatic heterocycles. The third kappa shape index (κ3) is 3.68. The van der Waals surface area contributed by atoms with Gasteiger partial charge in [0, 0.05) is 17.7 Å². The van der Waals surface area contributed by atoms with Crippen LogP contribution in [-0.2, 0) is 12.8 Å². The van der Waals surface area contributed by atoms with Crippen LogP contribution < -0.4 is 10.6 Å². The van der Waals surface area contributed by atoms with Crippen LogP contribution in [0.15, 0.2) is 33.2 Å². The second-order valence-electron chi connectivity index (χ2n) is 5.42. The number of aryl methyl sites for hydroxylation is 3. The maximum absolute atomic E-state index is 12.2. The zero-order valence-corrected chi connectivity index (χ0v) is 14.3. The van der Waals surface area contributed by atoms with Crippen LogP contribution in [-0.4, -0.2) is 21.4 Å². The number of anilines is 2. The number of carbonyl (C=O) groups excluding carboxylic acids is 1. The van der Waals surface area contributed by atoms with Crippen LogP contribution in [0.5, 0.6) is 0 Å². The Hall–Kier alpha value is -3.16. The second kappa shape index (κ2) is 7.16. The van der Waals surface area contributed by atoms with Crippen molar-refractivity contribution < 1.29 is 13.7 Å². The van der Waals surface area contributed by atoms with E-state index in [1.165, 1.54) is 0 Å². The highest BCUT2D eigenvalue weighted by atomic mass is 16.5. The van der Waals surface area contributed by atoms with Gasteiger partial charge >= 0.3 is 6.03 Å². The number of rotatable bonds is 5. The molecule has 0 aliphatic carbocycles. The van der Waals surface area contributed by atoms with Gasteiger partial charge in [-0.05, 0) is 37.6 Å². The standard InChI is InChI=1S/C17H19N5O3/c1-4-13-15(10(3)25-22-13)19-17(23)18-12-8-6-11(7-9-12)16-21-20-14(5-2)24-16/h6-9H,4-5H2,1-3H3,(H2,18,19,23). The Morgan fingerprint density at radius 1 is 1.08 bits per heavy atom. The van der Waals surface area contributed by atoms with Crippen LogP contribution in [0.2, 0.25) is 0 Å². The quantitative estimate of drug-likeness (QED) is 0.731. The first-order chi connectivity index (χ1) is 12.1.